The van der Waals surface area contributed by atoms with Crippen molar-refractivity contribution in [2.75, 3.05) is 37.6 Å². The van der Waals surface area contributed by atoms with Crippen molar-refractivity contribution in [3.05, 3.63) is 94.1 Å². The molecule has 6 fully saturated rings. The Labute approximate surface area is 502 Å². The van der Waals surface area contributed by atoms with E-state index in [-0.39, 0.29) is 54.0 Å². The largest absolute Gasteiger partial charge is 0.445 e. The van der Waals surface area contributed by atoms with Crippen LogP contribution < -0.4 is 22.1 Å². The average Bonchev–Trinajstić information content (AvgIpc) is 3.34. The first kappa shape index (κ1) is 60.4. The number of benzene rings is 2. The molecule has 26 nitrogen and oxygen atoms in total. The van der Waals surface area contributed by atoms with E-state index in [1.54, 1.807) is 9.80 Å². The summed E-state index contributed by atoms with van der Waals surface area (Å²) in [7, 11) is 0. The van der Waals surface area contributed by atoms with Crippen molar-refractivity contribution in [1.29, 1.82) is 0 Å². The normalized spacial score (nSPS) is 24.0. The van der Waals surface area contributed by atoms with Gasteiger partial charge in [-0.05, 0) is 80.2 Å². The first-order chi connectivity index (χ1) is 41.1. The number of nitrogen functional groups attached to an aromatic ring is 2. The number of aliphatic hydroxyl groups excluding tert-OH is 4. The lowest BCUT2D eigenvalue weighted by atomic mass is 9.94. The molecule has 2 aliphatic carbocycles. The lowest BCUT2D eigenvalue weighted by Gasteiger charge is -2.30. The highest BCUT2D eigenvalue weighted by Crippen LogP contribution is 2.35. The van der Waals surface area contributed by atoms with Crippen molar-refractivity contribution in [3.63, 3.8) is 0 Å². The molecule has 10 N–H and O–H groups in total. The molecule has 85 heavy (non-hydrogen) atoms. The minimum atomic E-state index is -1.42. The molecular weight excluding hydrogens is 1210 g/mol. The second kappa shape index (κ2) is 27.5. The number of nitrogens with zero attached hydrogens (tertiary/aromatic N) is 10. The Bertz CT molecular complexity index is 3430. The molecule has 6 aromatic rings. The number of fused-ring (bicyclic) bond motifs is 2. The van der Waals surface area contributed by atoms with Crippen LogP contribution in [0.5, 0.6) is 0 Å². The molecule has 4 aromatic heterocycles. The van der Waals surface area contributed by atoms with E-state index in [0.29, 0.717) is 58.5 Å². The number of imidazole rings is 2. The molecule has 0 radical (unpaired) electrons. The number of rotatable bonds is 12. The van der Waals surface area contributed by atoms with Gasteiger partial charge in [-0.1, -0.05) is 66.6 Å². The number of hydrogen-bond donors (Lipinski definition) is 8. The standard InChI is InChI=1S/C29H33N7O6.C16H19NO2.C13H15IN6O4/c30-25-21-26(36(16-31-21)28-23(38)22(37)24(42-28)27(39)32-19-9-10-19)34-20(33-25)8-4-7-17-11-13-35(14-12-17)29(40)41-15-18-5-2-1-3-6-18;1-2-6-14-9-11-17(12-10-14)16(18)19-13-15-7-4-3-5-8-15;14-13-18-9(15)5-10(19-13)20(3-16-5)12-7(22)6(21)8(24-12)11(23)17-4-1-2-4/h1-3,5-6,16-17,19,22-24,28,37-38H,7,9-15H2,(H,32,39)(H2,30,33,34);1,3-5,7-8,14H,6,9-13H2;3-4,6-8,12,21-22H,1-2H2,(H,17,23)(H2,15,18,19)/t22-,23?,24+,28-;;6-,7?,8+,12-/m1.1/s1. The van der Waals surface area contributed by atoms with E-state index in [1.807, 2.05) is 83.3 Å². The lowest BCUT2D eigenvalue weighted by molar-refractivity contribution is -0.138. The molecule has 2 saturated carbocycles. The summed E-state index contributed by atoms with van der Waals surface area (Å²) in [5.41, 5.74) is 15.2. The van der Waals surface area contributed by atoms with Gasteiger partial charge in [0.05, 0.1) is 12.7 Å². The van der Waals surface area contributed by atoms with Gasteiger partial charge in [0, 0.05) is 73.7 Å². The quantitative estimate of drug-likeness (QED) is 0.0496. The van der Waals surface area contributed by atoms with Crippen LogP contribution >= 0.6 is 22.6 Å². The Morgan fingerprint density at radius 2 is 1.05 bits per heavy atom. The second-order valence-electron chi connectivity index (χ2n) is 21.7. The Morgan fingerprint density at radius 1 is 0.612 bits per heavy atom. The summed E-state index contributed by atoms with van der Waals surface area (Å²) in [5.74, 6) is 9.26. The van der Waals surface area contributed by atoms with Crippen molar-refractivity contribution in [2.24, 2.45) is 11.8 Å². The monoisotopic (exact) mass is 1280 g/mol. The zero-order valence-corrected chi connectivity index (χ0v) is 48.5. The maximum atomic E-state index is 12.5. The number of nitrogens with one attached hydrogen (secondary N) is 2. The van der Waals surface area contributed by atoms with Gasteiger partial charge in [0.15, 0.2) is 51.4 Å². The first-order valence-corrected chi connectivity index (χ1v) is 29.3. The fraction of sp³-hybridized carbons (Fsp3) is 0.483. The molecular formula is C58H67IN14O12. The number of halogens is 1. The number of amides is 4. The van der Waals surface area contributed by atoms with Crippen LogP contribution in [0.2, 0.25) is 0 Å². The highest BCUT2D eigenvalue weighted by atomic mass is 127. The number of aromatic nitrogens is 8. The minimum Gasteiger partial charge on any atom is -0.445 e. The maximum Gasteiger partial charge on any atom is 0.410 e. The van der Waals surface area contributed by atoms with E-state index in [4.69, 9.17) is 36.8 Å². The van der Waals surface area contributed by atoms with E-state index in [1.165, 1.54) is 21.8 Å². The Morgan fingerprint density at radius 3 is 1.49 bits per heavy atom. The second-order valence-corrected chi connectivity index (χ2v) is 22.7. The predicted octanol–water partition coefficient (Wildman–Crippen LogP) is 3.07. The number of piperidine rings is 2. The molecule has 8 atom stereocenters. The van der Waals surface area contributed by atoms with E-state index in [2.05, 4.69) is 58.3 Å². The Kier molecular flexibility index (Phi) is 19.5. The number of ether oxygens (including phenoxy) is 4. The number of aliphatic hydroxyl groups is 4. The lowest BCUT2D eigenvalue weighted by Crippen LogP contribution is -2.43. The van der Waals surface area contributed by atoms with Crippen LogP contribution in [0.4, 0.5) is 21.2 Å². The van der Waals surface area contributed by atoms with Gasteiger partial charge < -0.3 is 71.3 Å². The fourth-order valence-corrected chi connectivity index (χ4v) is 10.7. The highest BCUT2D eigenvalue weighted by molar-refractivity contribution is 14.1. The topological polar surface area (TPSA) is 356 Å². The van der Waals surface area contributed by atoms with Gasteiger partial charge in [-0.2, -0.15) is 0 Å². The molecule has 4 amide bonds. The summed E-state index contributed by atoms with van der Waals surface area (Å²) in [4.78, 5) is 77.9. The van der Waals surface area contributed by atoms with Crippen LogP contribution in [0.25, 0.3) is 22.3 Å². The predicted molar refractivity (Wildman–Crippen MR) is 313 cm³/mol. The number of carbonyl (C=O) groups is 4. The maximum absolute atomic E-state index is 12.5. The van der Waals surface area contributed by atoms with Crippen LogP contribution in [0.3, 0.4) is 0 Å². The van der Waals surface area contributed by atoms with Gasteiger partial charge in [0.1, 0.15) is 48.7 Å². The van der Waals surface area contributed by atoms with Crippen molar-refractivity contribution in [2.45, 2.75) is 139 Å². The van der Waals surface area contributed by atoms with Gasteiger partial charge >= 0.3 is 12.2 Å². The molecule has 12 rings (SSSR count). The van der Waals surface area contributed by atoms with Gasteiger partial charge in [-0.25, -0.2) is 39.5 Å². The zero-order valence-electron chi connectivity index (χ0n) is 46.3. The fourth-order valence-electron chi connectivity index (χ4n) is 10.2. The molecule has 0 bridgehead atoms. The molecule has 0 spiro atoms. The van der Waals surface area contributed by atoms with E-state index >= 15 is 0 Å². The van der Waals surface area contributed by atoms with Crippen LogP contribution in [0.1, 0.15) is 93.6 Å². The summed E-state index contributed by atoms with van der Waals surface area (Å²) >= 11 is 1.91. The van der Waals surface area contributed by atoms with Crippen LogP contribution in [0.15, 0.2) is 73.3 Å². The third kappa shape index (κ3) is 15.0. The highest BCUT2D eigenvalue weighted by Gasteiger charge is 2.50. The number of hydrogen-bond acceptors (Lipinski definition) is 20. The van der Waals surface area contributed by atoms with E-state index in [9.17, 15) is 39.6 Å². The summed E-state index contributed by atoms with van der Waals surface area (Å²) < 4.78 is 25.4. The van der Waals surface area contributed by atoms with Gasteiger partial charge in [0.2, 0.25) is 5.82 Å². The Balaban J connectivity index is 0.000000157. The molecule has 27 heteroatoms. The van der Waals surface area contributed by atoms with Gasteiger partial charge in [-0.15, -0.1) is 12.3 Å². The number of anilines is 2. The third-order valence-corrected chi connectivity index (χ3v) is 15.9. The van der Waals surface area contributed by atoms with Crippen LogP contribution in [0, 0.1) is 39.9 Å². The van der Waals surface area contributed by atoms with Crippen LogP contribution in [-0.4, -0.2) is 168 Å². The molecule has 2 unspecified atom stereocenters. The first-order valence-electron chi connectivity index (χ1n) is 28.3. The smallest absolute Gasteiger partial charge is 0.410 e. The minimum absolute atomic E-state index is 0.0845. The van der Waals surface area contributed by atoms with Crippen molar-refractivity contribution < 1.29 is 58.6 Å². The molecule has 8 heterocycles. The summed E-state index contributed by atoms with van der Waals surface area (Å²) in [6, 6.07) is 19.5. The third-order valence-electron chi connectivity index (χ3n) is 15.4. The van der Waals surface area contributed by atoms with Crippen molar-refractivity contribution >= 4 is 80.6 Å². The number of terminal acetylenes is 1. The van der Waals surface area contributed by atoms with Crippen LogP contribution in [-0.2, 0) is 41.8 Å². The van der Waals surface area contributed by atoms with Gasteiger partial charge in [0.25, 0.3) is 11.8 Å². The molecule has 6 aliphatic rings. The summed E-state index contributed by atoms with van der Waals surface area (Å²) in [5, 5.41) is 47.2. The van der Waals surface area contributed by atoms with Gasteiger partial charge in [-0.3, -0.25) is 18.7 Å². The van der Waals surface area contributed by atoms with Crippen molar-refractivity contribution in [3.8, 4) is 24.2 Å². The number of likely N-dealkylation sites (tertiary alicyclic amines) is 2. The summed E-state index contributed by atoms with van der Waals surface area (Å²) in [6.45, 7) is 3.29. The molecule has 4 saturated heterocycles. The average molecular weight is 1280 g/mol. The molecule has 448 valence electrons. The number of nitrogens with two attached hydrogens (primary N) is 2. The number of carbonyl (C=O) groups excluding carboxylic acids is 4. The van der Waals surface area contributed by atoms with Crippen molar-refractivity contribution in [1.82, 2.24) is 59.5 Å². The molecule has 2 aromatic carbocycles. The van der Waals surface area contributed by atoms with E-state index in [0.717, 1.165) is 82.0 Å². The SMILES string of the molecule is C#CCC1CCN(C(=O)OCc2ccccc2)CC1.Nc1nc(C#CCC2CCN(C(=O)OCc3ccccc3)CC2)nc2c1ncn2[C@@H]1O[C@H](C(=O)NC2CC2)[C@H](O)C1O.Nc1nc(I)nc2c1ncn2[C@@H]1O[C@H](C(=O)NC2CC2)[C@H](O)C1O. The molecule has 4 aliphatic heterocycles. The Hall–Kier alpha value is -7.77. The summed E-state index contributed by atoms with van der Waals surface area (Å²) in [6.07, 6.45) is 6.23. The van der Waals surface area contributed by atoms with E-state index < -0.39 is 60.9 Å². The zero-order chi connectivity index (χ0) is 59.7.